The van der Waals surface area contributed by atoms with E-state index in [9.17, 15) is 0 Å². The van der Waals surface area contributed by atoms with Gasteiger partial charge < -0.3 is 10.1 Å². The zero-order valence-corrected chi connectivity index (χ0v) is 13.8. The highest BCUT2D eigenvalue weighted by molar-refractivity contribution is 5.64. The van der Waals surface area contributed by atoms with Crippen LogP contribution in [0.15, 0.2) is 58.9 Å². The average Bonchev–Trinajstić information content (AvgIpc) is 2.88. The predicted octanol–water partition coefficient (Wildman–Crippen LogP) is 1.65. The topological polar surface area (TPSA) is 48.9 Å². The number of rotatable bonds is 3. The van der Waals surface area contributed by atoms with Gasteiger partial charge in [-0.25, -0.2) is 0 Å². The number of hydrogen-bond donors (Lipinski definition) is 2. The molecular formula is C19H24N4O. The Hall–Kier alpha value is -1.95. The van der Waals surface area contributed by atoms with Crippen molar-refractivity contribution in [2.45, 2.75) is 25.2 Å². The smallest absolute Gasteiger partial charge is 0.0863 e. The molecule has 0 aliphatic carbocycles. The first-order valence-electron chi connectivity index (χ1n) is 8.70. The molecule has 2 N–H and O–H groups in total. The van der Waals surface area contributed by atoms with Crippen molar-refractivity contribution in [3.05, 3.63) is 59.4 Å². The number of benzene rings is 1. The van der Waals surface area contributed by atoms with E-state index in [1.54, 1.807) is 0 Å². The maximum atomic E-state index is 5.53. The summed E-state index contributed by atoms with van der Waals surface area (Å²) < 4.78 is 5.53. The van der Waals surface area contributed by atoms with Crippen LogP contribution in [0.2, 0.25) is 0 Å². The highest BCUT2D eigenvalue weighted by atomic mass is 16.5. The molecule has 1 aromatic rings. The van der Waals surface area contributed by atoms with Gasteiger partial charge in [-0.2, -0.15) is 0 Å². The molecule has 0 saturated carbocycles. The molecule has 1 fully saturated rings. The summed E-state index contributed by atoms with van der Waals surface area (Å²) in [6, 6.07) is 10.6. The molecule has 4 rings (SSSR count). The van der Waals surface area contributed by atoms with E-state index in [4.69, 9.17) is 4.74 Å². The van der Waals surface area contributed by atoms with Crippen LogP contribution in [0.25, 0.3) is 0 Å². The second kappa shape index (κ2) is 7.30. The van der Waals surface area contributed by atoms with Crippen molar-refractivity contribution >= 4 is 6.21 Å². The number of nitrogens with zero attached hydrogens (tertiary/aromatic N) is 2. The minimum Gasteiger partial charge on any atom is -0.379 e. The summed E-state index contributed by atoms with van der Waals surface area (Å²) in [6.07, 6.45) is 8.26. The Morgan fingerprint density at radius 3 is 2.83 bits per heavy atom. The van der Waals surface area contributed by atoms with Crippen LogP contribution in [-0.4, -0.2) is 49.7 Å². The van der Waals surface area contributed by atoms with Crippen molar-refractivity contribution < 1.29 is 4.74 Å². The van der Waals surface area contributed by atoms with Crippen molar-refractivity contribution in [3.63, 3.8) is 0 Å². The summed E-state index contributed by atoms with van der Waals surface area (Å²) in [5.41, 5.74) is 3.92. The molecule has 0 spiro atoms. The zero-order chi connectivity index (χ0) is 16.2. The van der Waals surface area contributed by atoms with Gasteiger partial charge in [-0.15, -0.1) is 0 Å². The van der Waals surface area contributed by atoms with Gasteiger partial charge in [0.05, 0.1) is 25.5 Å². The quantitative estimate of drug-likeness (QED) is 0.888. The lowest BCUT2D eigenvalue weighted by Crippen LogP contribution is -2.61. The third-order valence-electron chi connectivity index (χ3n) is 4.80. The third kappa shape index (κ3) is 3.43. The lowest BCUT2D eigenvalue weighted by atomic mass is 10.0. The summed E-state index contributed by atoms with van der Waals surface area (Å²) >= 11 is 0. The second-order valence-corrected chi connectivity index (χ2v) is 6.39. The first-order chi connectivity index (χ1) is 11.9. The standard InChI is InChI=1S/C19H24N4O/c1-2-4-15(5-3-1)14-18-21-17-7-9-20-8-6-16(17)19(22-18)23-10-12-24-13-11-23/h1-5,7-9,18-19,21-22H,6,10-14H2. The van der Waals surface area contributed by atoms with Crippen molar-refractivity contribution in [2.75, 3.05) is 26.3 Å². The van der Waals surface area contributed by atoms with Gasteiger partial charge in [-0.05, 0) is 17.2 Å². The van der Waals surface area contributed by atoms with Gasteiger partial charge in [-0.3, -0.25) is 15.2 Å². The number of aliphatic imine (C=N–C) groups is 1. The van der Waals surface area contributed by atoms with Crippen LogP contribution in [0.5, 0.6) is 0 Å². The van der Waals surface area contributed by atoms with Crippen molar-refractivity contribution in [3.8, 4) is 0 Å². The minimum absolute atomic E-state index is 0.210. The molecule has 126 valence electrons. The molecule has 5 nitrogen and oxygen atoms in total. The Morgan fingerprint density at radius 1 is 1.17 bits per heavy atom. The SMILES string of the molecule is C1=CC2=C(CC=N1)C(N1CCOCC1)NC(Cc1ccccc1)N2. The zero-order valence-electron chi connectivity index (χ0n) is 13.8. The minimum atomic E-state index is 0.210. The van der Waals surface area contributed by atoms with Crippen LogP contribution in [0.1, 0.15) is 12.0 Å². The van der Waals surface area contributed by atoms with Crippen molar-refractivity contribution in [2.24, 2.45) is 4.99 Å². The number of nitrogens with one attached hydrogen (secondary N) is 2. The molecule has 3 aliphatic rings. The first-order valence-corrected chi connectivity index (χ1v) is 8.70. The van der Waals surface area contributed by atoms with E-state index >= 15 is 0 Å². The van der Waals surface area contributed by atoms with Crippen LogP contribution >= 0.6 is 0 Å². The Bertz CT molecular complexity index is 647. The molecular weight excluding hydrogens is 300 g/mol. The number of morpholine rings is 1. The molecule has 2 unspecified atom stereocenters. The van der Waals surface area contributed by atoms with Crippen LogP contribution in [0.4, 0.5) is 0 Å². The van der Waals surface area contributed by atoms with Crippen LogP contribution in [0, 0.1) is 0 Å². The average molecular weight is 324 g/mol. The van der Waals surface area contributed by atoms with Gasteiger partial charge >= 0.3 is 0 Å². The van der Waals surface area contributed by atoms with E-state index in [1.165, 1.54) is 16.8 Å². The largest absolute Gasteiger partial charge is 0.379 e. The maximum Gasteiger partial charge on any atom is 0.0863 e. The Morgan fingerprint density at radius 2 is 2.00 bits per heavy atom. The van der Waals surface area contributed by atoms with Crippen LogP contribution in [0.3, 0.4) is 0 Å². The highest BCUT2D eigenvalue weighted by Gasteiger charge is 2.32. The predicted molar refractivity (Wildman–Crippen MR) is 95.7 cm³/mol. The number of allylic oxidation sites excluding steroid dienone is 1. The molecule has 3 aliphatic heterocycles. The van der Waals surface area contributed by atoms with E-state index < -0.39 is 0 Å². The van der Waals surface area contributed by atoms with Gasteiger partial charge in [0.15, 0.2) is 0 Å². The van der Waals surface area contributed by atoms with Crippen molar-refractivity contribution in [1.29, 1.82) is 0 Å². The molecule has 24 heavy (non-hydrogen) atoms. The fraction of sp³-hybridized carbons (Fsp3) is 0.421. The van der Waals surface area contributed by atoms with Gasteiger partial charge in [0, 0.05) is 44.0 Å². The van der Waals surface area contributed by atoms with E-state index in [-0.39, 0.29) is 12.3 Å². The Kier molecular flexibility index (Phi) is 4.74. The summed E-state index contributed by atoms with van der Waals surface area (Å²) in [4.78, 5) is 6.82. The van der Waals surface area contributed by atoms with Gasteiger partial charge in [0.1, 0.15) is 0 Å². The monoisotopic (exact) mass is 324 g/mol. The fourth-order valence-electron chi connectivity index (χ4n) is 3.59. The van der Waals surface area contributed by atoms with Crippen molar-refractivity contribution in [1.82, 2.24) is 15.5 Å². The second-order valence-electron chi connectivity index (χ2n) is 6.39. The molecule has 2 atom stereocenters. The van der Waals surface area contributed by atoms with Gasteiger partial charge in [0.2, 0.25) is 0 Å². The summed E-state index contributed by atoms with van der Waals surface area (Å²) in [7, 11) is 0. The molecule has 5 heteroatoms. The molecule has 0 bridgehead atoms. The van der Waals surface area contributed by atoms with Gasteiger partial charge in [-0.1, -0.05) is 30.3 Å². The molecule has 0 amide bonds. The lowest BCUT2D eigenvalue weighted by molar-refractivity contribution is 0.0113. The molecule has 0 radical (unpaired) electrons. The maximum absolute atomic E-state index is 5.53. The summed E-state index contributed by atoms with van der Waals surface area (Å²) in [5.74, 6) is 0. The highest BCUT2D eigenvalue weighted by Crippen LogP contribution is 2.23. The summed E-state index contributed by atoms with van der Waals surface area (Å²) in [6.45, 7) is 3.55. The van der Waals surface area contributed by atoms with E-state index in [0.717, 1.165) is 39.1 Å². The normalized spacial score (nSPS) is 27.5. The fourth-order valence-corrected chi connectivity index (χ4v) is 3.59. The molecule has 1 saturated heterocycles. The van der Waals surface area contributed by atoms with Crippen LogP contribution < -0.4 is 10.6 Å². The van der Waals surface area contributed by atoms with Gasteiger partial charge in [0.25, 0.3) is 0 Å². The number of ether oxygens (including phenoxy) is 1. The Balaban J connectivity index is 1.58. The molecule has 1 aromatic carbocycles. The summed E-state index contributed by atoms with van der Waals surface area (Å²) in [5, 5.41) is 7.46. The number of hydrogen-bond acceptors (Lipinski definition) is 5. The Labute approximate surface area is 143 Å². The first kappa shape index (κ1) is 15.6. The molecule has 0 aromatic heterocycles. The van der Waals surface area contributed by atoms with E-state index in [2.05, 4.69) is 56.9 Å². The van der Waals surface area contributed by atoms with E-state index in [1.807, 2.05) is 12.4 Å². The molecule has 3 heterocycles. The third-order valence-corrected chi connectivity index (χ3v) is 4.80. The lowest BCUT2D eigenvalue weighted by Gasteiger charge is -2.42. The van der Waals surface area contributed by atoms with Crippen LogP contribution in [-0.2, 0) is 11.2 Å². The van der Waals surface area contributed by atoms with E-state index in [0.29, 0.717) is 0 Å².